The third-order valence-corrected chi connectivity index (χ3v) is 5.21. The van der Waals surface area contributed by atoms with Crippen molar-refractivity contribution in [1.29, 1.82) is 0 Å². The summed E-state index contributed by atoms with van der Waals surface area (Å²) in [5.74, 6) is -2.89. The first-order chi connectivity index (χ1) is 14.8. The highest BCUT2D eigenvalue weighted by Crippen LogP contribution is 2.29. The van der Waals surface area contributed by atoms with Crippen LogP contribution in [-0.4, -0.2) is 45.8 Å². The van der Waals surface area contributed by atoms with E-state index < -0.39 is 23.4 Å². The molecule has 0 atom stereocenters. The summed E-state index contributed by atoms with van der Waals surface area (Å²) < 4.78 is 40.2. The lowest BCUT2D eigenvalue weighted by atomic mass is 10.1. The predicted octanol–water partition coefficient (Wildman–Crippen LogP) is 3.62. The topological polar surface area (TPSA) is 73.7 Å². The van der Waals surface area contributed by atoms with Crippen LogP contribution in [0.2, 0.25) is 0 Å². The standard InChI is InChI=1S/C22H21F2N3O4/c1-13(28)26-7-5-17(6-8-26)31-18-3-4-20-15(9-18)12-25-27(20)16-10-19(23)22(24)21(11-16)30-14(2)29/h3-4,9-12,17H,5-8H2,1-2H3. The van der Waals surface area contributed by atoms with Crippen molar-refractivity contribution in [2.75, 3.05) is 13.1 Å². The van der Waals surface area contributed by atoms with Crippen molar-refractivity contribution in [1.82, 2.24) is 14.7 Å². The van der Waals surface area contributed by atoms with Crippen LogP contribution < -0.4 is 9.47 Å². The maximum Gasteiger partial charge on any atom is 0.308 e. The Morgan fingerprint density at radius 1 is 1.10 bits per heavy atom. The zero-order valence-corrected chi connectivity index (χ0v) is 17.1. The number of benzene rings is 2. The molecule has 1 aliphatic heterocycles. The highest BCUT2D eigenvalue weighted by molar-refractivity contribution is 5.82. The Labute approximate surface area is 177 Å². The van der Waals surface area contributed by atoms with E-state index in [0.717, 1.165) is 31.2 Å². The number of fused-ring (bicyclic) bond motifs is 1. The summed E-state index contributed by atoms with van der Waals surface area (Å²) in [6.45, 7) is 4.01. The highest BCUT2D eigenvalue weighted by atomic mass is 19.2. The monoisotopic (exact) mass is 429 g/mol. The fourth-order valence-corrected chi connectivity index (χ4v) is 3.67. The van der Waals surface area contributed by atoms with E-state index in [4.69, 9.17) is 9.47 Å². The van der Waals surface area contributed by atoms with Crippen LogP contribution in [0.15, 0.2) is 36.5 Å². The van der Waals surface area contributed by atoms with E-state index in [9.17, 15) is 18.4 Å². The number of carbonyl (C=O) groups is 2. The van der Waals surface area contributed by atoms with E-state index in [1.165, 1.54) is 10.7 Å². The second-order valence-electron chi connectivity index (χ2n) is 7.43. The van der Waals surface area contributed by atoms with Crippen molar-refractivity contribution in [2.45, 2.75) is 32.8 Å². The number of piperidine rings is 1. The molecule has 1 aromatic heterocycles. The van der Waals surface area contributed by atoms with Gasteiger partial charge in [-0.05, 0) is 18.2 Å². The summed E-state index contributed by atoms with van der Waals surface area (Å²) >= 11 is 0. The number of aromatic nitrogens is 2. The van der Waals surface area contributed by atoms with Crippen LogP contribution in [0.4, 0.5) is 8.78 Å². The maximum atomic E-state index is 14.0. The van der Waals surface area contributed by atoms with E-state index in [-0.39, 0.29) is 17.7 Å². The predicted molar refractivity (Wildman–Crippen MR) is 108 cm³/mol. The number of hydrogen-bond acceptors (Lipinski definition) is 5. The molecule has 7 nitrogen and oxygen atoms in total. The van der Waals surface area contributed by atoms with Gasteiger partial charge in [0.15, 0.2) is 11.6 Å². The molecule has 0 spiro atoms. The SMILES string of the molecule is CC(=O)Oc1cc(-n2ncc3cc(OC4CCN(C(C)=O)CC4)ccc32)cc(F)c1F. The molecule has 2 aromatic carbocycles. The second-order valence-corrected chi connectivity index (χ2v) is 7.43. The second kappa shape index (κ2) is 8.33. The molecule has 1 amide bonds. The number of ether oxygens (including phenoxy) is 2. The molecule has 3 aromatic rings. The number of carbonyl (C=O) groups excluding carboxylic acids is 2. The normalized spacial score (nSPS) is 14.6. The van der Waals surface area contributed by atoms with Crippen LogP contribution in [0, 0.1) is 11.6 Å². The molecule has 0 N–H and O–H groups in total. The molecule has 0 bridgehead atoms. The van der Waals surface area contributed by atoms with Gasteiger partial charge in [-0.1, -0.05) is 0 Å². The molecule has 1 fully saturated rings. The van der Waals surface area contributed by atoms with Gasteiger partial charge < -0.3 is 14.4 Å². The smallest absolute Gasteiger partial charge is 0.308 e. The third kappa shape index (κ3) is 4.35. The minimum atomic E-state index is -1.23. The molecule has 1 saturated heterocycles. The van der Waals surface area contributed by atoms with Crippen molar-refractivity contribution in [3.05, 3.63) is 48.2 Å². The van der Waals surface area contributed by atoms with Gasteiger partial charge in [-0.3, -0.25) is 9.59 Å². The molecule has 1 aliphatic rings. The van der Waals surface area contributed by atoms with Gasteiger partial charge in [-0.15, -0.1) is 0 Å². The first kappa shape index (κ1) is 20.8. The van der Waals surface area contributed by atoms with Crippen LogP contribution >= 0.6 is 0 Å². The summed E-state index contributed by atoms with van der Waals surface area (Å²) in [5, 5.41) is 5.01. The Kier molecular flexibility index (Phi) is 5.58. The molecule has 2 heterocycles. The summed E-state index contributed by atoms with van der Waals surface area (Å²) in [5.41, 5.74) is 0.869. The van der Waals surface area contributed by atoms with Gasteiger partial charge in [0.2, 0.25) is 11.7 Å². The lowest BCUT2D eigenvalue weighted by Gasteiger charge is -2.31. The molecule has 4 rings (SSSR count). The molecule has 162 valence electrons. The van der Waals surface area contributed by atoms with E-state index in [2.05, 4.69) is 5.10 Å². The molecule has 0 aliphatic carbocycles. The lowest BCUT2D eigenvalue weighted by Crippen LogP contribution is -2.40. The Morgan fingerprint density at radius 2 is 1.84 bits per heavy atom. The molecule has 9 heteroatoms. The van der Waals surface area contributed by atoms with Gasteiger partial charge in [-0.25, -0.2) is 9.07 Å². The maximum absolute atomic E-state index is 14.0. The van der Waals surface area contributed by atoms with Crippen molar-refractivity contribution in [3.63, 3.8) is 0 Å². The molecular weight excluding hydrogens is 408 g/mol. The molecular formula is C22H21F2N3O4. The number of rotatable bonds is 4. The highest BCUT2D eigenvalue weighted by Gasteiger charge is 2.22. The summed E-state index contributed by atoms with van der Waals surface area (Å²) in [6.07, 6.45) is 3.11. The number of hydrogen-bond donors (Lipinski definition) is 0. The Morgan fingerprint density at radius 3 is 2.52 bits per heavy atom. The van der Waals surface area contributed by atoms with Gasteiger partial charge in [-0.2, -0.15) is 9.49 Å². The Balaban J connectivity index is 1.57. The quantitative estimate of drug-likeness (QED) is 0.468. The van der Waals surface area contributed by atoms with Crippen LogP contribution in [0.3, 0.4) is 0 Å². The van der Waals surface area contributed by atoms with Crippen molar-refractivity contribution >= 4 is 22.8 Å². The van der Waals surface area contributed by atoms with Crippen LogP contribution in [0.5, 0.6) is 11.5 Å². The van der Waals surface area contributed by atoms with Crippen LogP contribution in [-0.2, 0) is 9.59 Å². The van der Waals surface area contributed by atoms with Gasteiger partial charge in [0.05, 0.1) is 17.4 Å². The lowest BCUT2D eigenvalue weighted by molar-refractivity contribution is -0.132. The summed E-state index contributed by atoms with van der Waals surface area (Å²) in [6, 6.07) is 7.59. The summed E-state index contributed by atoms with van der Waals surface area (Å²) in [4.78, 5) is 24.4. The van der Waals surface area contributed by atoms with Gasteiger partial charge in [0.1, 0.15) is 11.9 Å². The largest absolute Gasteiger partial charge is 0.490 e. The fraction of sp³-hybridized carbons (Fsp3) is 0.318. The van der Waals surface area contributed by atoms with E-state index >= 15 is 0 Å². The van der Waals surface area contributed by atoms with Gasteiger partial charge >= 0.3 is 5.97 Å². The molecule has 0 unspecified atom stereocenters. The third-order valence-electron chi connectivity index (χ3n) is 5.21. The number of nitrogens with zero attached hydrogens (tertiary/aromatic N) is 3. The van der Waals surface area contributed by atoms with E-state index in [1.54, 1.807) is 30.2 Å². The fourth-order valence-electron chi connectivity index (χ4n) is 3.67. The first-order valence-corrected chi connectivity index (χ1v) is 9.89. The van der Waals surface area contributed by atoms with Gasteiger partial charge in [0, 0.05) is 57.3 Å². The zero-order valence-electron chi connectivity index (χ0n) is 17.1. The van der Waals surface area contributed by atoms with Crippen LogP contribution in [0.1, 0.15) is 26.7 Å². The number of amides is 1. The molecule has 0 saturated carbocycles. The number of esters is 1. The van der Waals surface area contributed by atoms with E-state index in [0.29, 0.717) is 24.4 Å². The van der Waals surface area contributed by atoms with Crippen molar-refractivity contribution in [3.8, 4) is 17.2 Å². The molecule has 0 radical (unpaired) electrons. The first-order valence-electron chi connectivity index (χ1n) is 9.89. The Hall–Kier alpha value is -3.49. The minimum absolute atomic E-state index is 0.0144. The minimum Gasteiger partial charge on any atom is -0.490 e. The Bertz CT molecular complexity index is 1150. The average molecular weight is 429 g/mol. The number of likely N-dealkylation sites (tertiary alicyclic amines) is 1. The van der Waals surface area contributed by atoms with Crippen LogP contribution in [0.25, 0.3) is 16.6 Å². The summed E-state index contributed by atoms with van der Waals surface area (Å²) in [7, 11) is 0. The van der Waals surface area contributed by atoms with Crippen molar-refractivity contribution in [2.24, 2.45) is 0 Å². The van der Waals surface area contributed by atoms with E-state index in [1.807, 2.05) is 6.07 Å². The molecule has 31 heavy (non-hydrogen) atoms. The average Bonchev–Trinajstić information content (AvgIpc) is 3.14. The zero-order chi connectivity index (χ0) is 22.1. The van der Waals surface area contributed by atoms with Gasteiger partial charge in [0.25, 0.3) is 0 Å². The van der Waals surface area contributed by atoms with Crippen molar-refractivity contribution < 1.29 is 27.8 Å². The number of halogens is 2.